The molecule has 2 aliphatic rings. The quantitative estimate of drug-likeness (QED) is 0.780. The topological polar surface area (TPSA) is 84.2 Å². The number of thioether (sulfide) groups is 1. The number of hydrogen-bond donors (Lipinski definition) is 3. The Labute approximate surface area is 115 Å². The van der Waals surface area contributed by atoms with Crippen molar-refractivity contribution in [3.63, 3.8) is 0 Å². The summed E-state index contributed by atoms with van der Waals surface area (Å²) in [6.07, 6.45) is 1.71. The summed E-state index contributed by atoms with van der Waals surface area (Å²) in [5.41, 5.74) is 6.73. The van der Waals surface area contributed by atoms with Crippen LogP contribution >= 0.6 is 11.8 Å². The molecule has 4 N–H and O–H groups in total. The lowest BCUT2D eigenvalue weighted by Gasteiger charge is -2.18. The second-order valence-corrected chi connectivity index (χ2v) is 6.00. The van der Waals surface area contributed by atoms with Crippen LogP contribution in [0.4, 0.5) is 11.4 Å². The van der Waals surface area contributed by atoms with Crippen LogP contribution in [0.5, 0.6) is 0 Å². The minimum Gasteiger partial charge on any atom is -0.329 e. The molecule has 2 amide bonds. The van der Waals surface area contributed by atoms with Gasteiger partial charge in [0, 0.05) is 17.1 Å². The number of fused-ring (bicyclic) bond motifs is 1. The minimum absolute atomic E-state index is 0.0124. The van der Waals surface area contributed by atoms with Crippen molar-refractivity contribution in [1.82, 2.24) is 0 Å². The van der Waals surface area contributed by atoms with E-state index in [2.05, 4.69) is 10.6 Å². The highest BCUT2D eigenvalue weighted by atomic mass is 32.2. The van der Waals surface area contributed by atoms with Crippen LogP contribution in [-0.2, 0) is 9.59 Å². The van der Waals surface area contributed by atoms with Gasteiger partial charge in [-0.25, -0.2) is 0 Å². The van der Waals surface area contributed by atoms with Crippen molar-refractivity contribution in [2.24, 2.45) is 11.1 Å². The van der Waals surface area contributed by atoms with Gasteiger partial charge in [-0.2, -0.15) is 0 Å². The highest BCUT2D eigenvalue weighted by molar-refractivity contribution is 8.00. The molecule has 0 radical (unpaired) electrons. The van der Waals surface area contributed by atoms with Crippen molar-refractivity contribution >= 4 is 35.0 Å². The molecule has 1 saturated carbocycles. The number of anilines is 2. The van der Waals surface area contributed by atoms with Gasteiger partial charge in [-0.15, -0.1) is 11.8 Å². The molecule has 1 fully saturated rings. The first-order chi connectivity index (χ1) is 9.13. The zero-order valence-electron chi connectivity index (χ0n) is 10.4. The molecule has 1 heterocycles. The first-order valence-corrected chi connectivity index (χ1v) is 7.20. The number of carbonyl (C=O) groups excluding carboxylic acids is 2. The van der Waals surface area contributed by atoms with Gasteiger partial charge in [0.2, 0.25) is 11.8 Å². The Kier molecular flexibility index (Phi) is 2.99. The summed E-state index contributed by atoms with van der Waals surface area (Å²) in [6.45, 7) is 0.385. The Morgan fingerprint density at radius 3 is 2.95 bits per heavy atom. The standard InChI is InChI=1S/C13H15N3O2S/c14-7-13(3-4-13)12(18)15-8-1-2-10-9(5-8)16-11(17)6-19-10/h1-2,5H,3-4,6-7,14H2,(H,15,18)(H,16,17). The molecule has 1 aromatic rings. The van der Waals surface area contributed by atoms with E-state index in [-0.39, 0.29) is 17.2 Å². The third-order valence-corrected chi connectivity index (χ3v) is 4.67. The van der Waals surface area contributed by atoms with Crippen molar-refractivity contribution in [3.05, 3.63) is 18.2 Å². The molecule has 0 spiro atoms. The SMILES string of the molecule is NCC1(C(=O)Nc2ccc3c(c2)NC(=O)CS3)CC1. The van der Waals surface area contributed by atoms with Crippen LogP contribution < -0.4 is 16.4 Å². The van der Waals surface area contributed by atoms with Gasteiger partial charge in [0.1, 0.15) is 0 Å². The Morgan fingerprint density at radius 1 is 1.47 bits per heavy atom. The molecule has 0 aromatic heterocycles. The number of amides is 2. The lowest BCUT2D eigenvalue weighted by Crippen LogP contribution is -2.30. The molecule has 0 atom stereocenters. The Bertz CT molecular complexity index is 555. The molecule has 0 bridgehead atoms. The fourth-order valence-electron chi connectivity index (χ4n) is 2.10. The molecular weight excluding hydrogens is 262 g/mol. The molecule has 5 nitrogen and oxygen atoms in total. The maximum Gasteiger partial charge on any atom is 0.234 e. The van der Waals surface area contributed by atoms with Crippen molar-refractivity contribution in [2.45, 2.75) is 17.7 Å². The molecular formula is C13H15N3O2S. The van der Waals surface area contributed by atoms with E-state index >= 15 is 0 Å². The highest BCUT2D eigenvalue weighted by Gasteiger charge is 2.48. The van der Waals surface area contributed by atoms with E-state index in [0.717, 1.165) is 23.4 Å². The zero-order valence-corrected chi connectivity index (χ0v) is 11.2. The van der Waals surface area contributed by atoms with Crippen molar-refractivity contribution in [1.29, 1.82) is 0 Å². The van der Waals surface area contributed by atoms with Gasteiger partial charge >= 0.3 is 0 Å². The summed E-state index contributed by atoms with van der Waals surface area (Å²) in [7, 11) is 0. The van der Waals surface area contributed by atoms with E-state index in [1.54, 1.807) is 6.07 Å². The number of benzene rings is 1. The normalized spacial score (nSPS) is 19.3. The number of nitrogens with one attached hydrogen (secondary N) is 2. The third kappa shape index (κ3) is 2.33. The molecule has 100 valence electrons. The molecule has 0 unspecified atom stereocenters. The second-order valence-electron chi connectivity index (χ2n) is 4.99. The van der Waals surface area contributed by atoms with E-state index in [4.69, 9.17) is 5.73 Å². The Hall–Kier alpha value is -1.53. The van der Waals surface area contributed by atoms with Crippen LogP contribution in [0.25, 0.3) is 0 Å². The second kappa shape index (κ2) is 4.54. The van der Waals surface area contributed by atoms with E-state index in [1.165, 1.54) is 11.8 Å². The maximum atomic E-state index is 12.1. The molecule has 1 aromatic carbocycles. The lowest BCUT2D eigenvalue weighted by atomic mass is 10.1. The predicted octanol–water partition coefficient (Wildman–Crippen LogP) is 1.41. The Balaban J connectivity index is 1.77. The molecule has 6 heteroatoms. The summed E-state index contributed by atoms with van der Waals surface area (Å²) < 4.78 is 0. The van der Waals surface area contributed by atoms with Crippen molar-refractivity contribution < 1.29 is 9.59 Å². The van der Waals surface area contributed by atoms with Crippen LogP contribution in [0.1, 0.15) is 12.8 Å². The monoisotopic (exact) mass is 277 g/mol. The smallest absolute Gasteiger partial charge is 0.234 e. The average Bonchev–Trinajstić information content (AvgIpc) is 3.19. The van der Waals surface area contributed by atoms with E-state index < -0.39 is 0 Å². The van der Waals surface area contributed by atoms with Crippen LogP contribution in [0.15, 0.2) is 23.1 Å². The zero-order chi connectivity index (χ0) is 13.5. The summed E-state index contributed by atoms with van der Waals surface area (Å²) in [6, 6.07) is 5.56. The van der Waals surface area contributed by atoms with Crippen molar-refractivity contribution in [3.8, 4) is 0 Å². The fraction of sp³-hybridized carbons (Fsp3) is 0.385. The van der Waals surface area contributed by atoms with Crippen LogP contribution in [0.3, 0.4) is 0 Å². The van der Waals surface area contributed by atoms with Crippen LogP contribution in [0, 0.1) is 5.41 Å². The summed E-state index contributed by atoms with van der Waals surface area (Å²) in [5, 5.41) is 5.69. The van der Waals surface area contributed by atoms with Crippen molar-refractivity contribution in [2.75, 3.05) is 22.9 Å². The first kappa shape index (κ1) is 12.5. The van der Waals surface area contributed by atoms with Gasteiger partial charge in [-0.1, -0.05) is 0 Å². The number of carbonyl (C=O) groups is 2. The van der Waals surface area contributed by atoms with E-state index in [9.17, 15) is 9.59 Å². The summed E-state index contributed by atoms with van der Waals surface area (Å²) >= 11 is 1.50. The highest BCUT2D eigenvalue weighted by Crippen LogP contribution is 2.45. The summed E-state index contributed by atoms with van der Waals surface area (Å²) in [4.78, 5) is 24.4. The molecule has 0 saturated heterocycles. The van der Waals surface area contributed by atoms with Gasteiger partial charge in [-0.3, -0.25) is 9.59 Å². The molecule has 3 rings (SSSR count). The number of nitrogens with two attached hydrogens (primary N) is 1. The van der Waals surface area contributed by atoms with Gasteiger partial charge in [-0.05, 0) is 31.0 Å². The predicted molar refractivity (Wildman–Crippen MR) is 75.1 cm³/mol. The molecule has 19 heavy (non-hydrogen) atoms. The van der Waals surface area contributed by atoms with Gasteiger partial charge < -0.3 is 16.4 Å². The Morgan fingerprint density at radius 2 is 2.26 bits per heavy atom. The lowest BCUT2D eigenvalue weighted by molar-refractivity contribution is -0.120. The minimum atomic E-state index is -0.367. The summed E-state index contributed by atoms with van der Waals surface area (Å²) in [5.74, 6) is 0.404. The van der Waals surface area contributed by atoms with E-state index in [0.29, 0.717) is 18.0 Å². The largest absolute Gasteiger partial charge is 0.329 e. The van der Waals surface area contributed by atoms with Crippen LogP contribution in [0.2, 0.25) is 0 Å². The van der Waals surface area contributed by atoms with Crippen LogP contribution in [-0.4, -0.2) is 24.1 Å². The molecule has 1 aliphatic heterocycles. The van der Waals surface area contributed by atoms with Gasteiger partial charge in [0.05, 0.1) is 16.9 Å². The maximum absolute atomic E-state index is 12.1. The average molecular weight is 277 g/mol. The van der Waals surface area contributed by atoms with Gasteiger partial charge in [0.25, 0.3) is 0 Å². The first-order valence-electron chi connectivity index (χ1n) is 6.21. The number of rotatable bonds is 3. The molecule has 1 aliphatic carbocycles. The number of hydrogen-bond acceptors (Lipinski definition) is 4. The third-order valence-electron chi connectivity index (χ3n) is 3.60. The van der Waals surface area contributed by atoms with Gasteiger partial charge in [0.15, 0.2) is 0 Å². The fourth-order valence-corrected chi connectivity index (χ4v) is 2.89. The van der Waals surface area contributed by atoms with E-state index in [1.807, 2.05) is 12.1 Å².